The average Bonchev–Trinajstić information content (AvgIpc) is 2.76. The van der Waals surface area contributed by atoms with Gasteiger partial charge in [-0.05, 0) is 49.4 Å². The Balaban J connectivity index is 1.64. The number of nitrogens with zero attached hydrogens (tertiary/aromatic N) is 1. The van der Waals surface area contributed by atoms with Gasteiger partial charge in [-0.2, -0.15) is 0 Å². The molecule has 2 heterocycles. The van der Waals surface area contributed by atoms with Gasteiger partial charge in [0.25, 0.3) is 0 Å². The number of halogens is 1. The lowest BCUT2D eigenvalue weighted by atomic mass is 9.94. The molecule has 2 nitrogen and oxygen atoms in total. The Hall–Kier alpha value is -0.570. The van der Waals surface area contributed by atoms with Gasteiger partial charge in [-0.3, -0.25) is 4.90 Å². The molecule has 98 valence electrons. The van der Waals surface area contributed by atoms with Gasteiger partial charge in [-0.15, -0.1) is 0 Å². The highest BCUT2D eigenvalue weighted by Gasteiger charge is 2.33. The Morgan fingerprint density at radius 2 is 2.28 bits per heavy atom. The van der Waals surface area contributed by atoms with Gasteiger partial charge in [-0.1, -0.05) is 23.7 Å². The van der Waals surface area contributed by atoms with Gasteiger partial charge in [0.05, 0.1) is 0 Å². The van der Waals surface area contributed by atoms with Crippen molar-refractivity contribution in [1.29, 1.82) is 0 Å². The summed E-state index contributed by atoms with van der Waals surface area (Å²) in [6, 6.07) is 7.17. The Bertz CT molecular complexity index is 419. The van der Waals surface area contributed by atoms with Crippen molar-refractivity contribution in [3.8, 4) is 0 Å². The van der Waals surface area contributed by atoms with E-state index in [4.69, 9.17) is 11.6 Å². The number of benzene rings is 1. The molecule has 0 spiro atoms. The normalized spacial score (nSPS) is 28.3. The molecule has 0 unspecified atom stereocenters. The zero-order valence-electron chi connectivity index (χ0n) is 11.0. The summed E-state index contributed by atoms with van der Waals surface area (Å²) < 4.78 is 0. The molecule has 2 saturated heterocycles. The molecule has 1 N–H and O–H groups in total. The highest BCUT2D eigenvalue weighted by Crippen LogP contribution is 2.26. The van der Waals surface area contributed by atoms with Crippen LogP contribution >= 0.6 is 11.6 Å². The molecule has 2 aliphatic heterocycles. The first kappa shape index (κ1) is 12.5. The summed E-state index contributed by atoms with van der Waals surface area (Å²) in [4.78, 5) is 2.56. The molecule has 0 radical (unpaired) electrons. The van der Waals surface area contributed by atoms with Crippen molar-refractivity contribution in [3.05, 3.63) is 34.3 Å². The van der Waals surface area contributed by atoms with E-state index >= 15 is 0 Å². The third-order valence-corrected chi connectivity index (χ3v) is 4.72. The van der Waals surface area contributed by atoms with E-state index in [1.54, 1.807) is 0 Å². The van der Waals surface area contributed by atoms with Crippen LogP contribution in [0.15, 0.2) is 18.2 Å². The third-order valence-electron chi connectivity index (χ3n) is 4.32. The standard InChI is InChI=1S/C15H21ClN2/c1-11-4-5-12(7-14(11)16)8-18-9-13-3-2-6-17-15(13)10-18/h4-5,7,13,15,17H,2-3,6,8-10H2,1H3/t13-,15+/m0/s1. The Morgan fingerprint density at radius 3 is 3.06 bits per heavy atom. The van der Waals surface area contributed by atoms with Crippen molar-refractivity contribution in [2.75, 3.05) is 19.6 Å². The van der Waals surface area contributed by atoms with E-state index in [-0.39, 0.29) is 0 Å². The first-order chi connectivity index (χ1) is 8.72. The van der Waals surface area contributed by atoms with Crippen molar-refractivity contribution in [2.45, 2.75) is 32.4 Å². The van der Waals surface area contributed by atoms with E-state index in [0.717, 1.165) is 29.1 Å². The molecule has 18 heavy (non-hydrogen) atoms. The molecular weight excluding hydrogens is 244 g/mol. The van der Waals surface area contributed by atoms with E-state index in [1.165, 1.54) is 38.0 Å². The van der Waals surface area contributed by atoms with Crippen molar-refractivity contribution in [2.24, 2.45) is 5.92 Å². The smallest absolute Gasteiger partial charge is 0.0438 e. The lowest BCUT2D eigenvalue weighted by Crippen LogP contribution is -2.40. The van der Waals surface area contributed by atoms with Crippen LogP contribution in [0.2, 0.25) is 5.02 Å². The van der Waals surface area contributed by atoms with Crippen LogP contribution in [0.1, 0.15) is 24.0 Å². The van der Waals surface area contributed by atoms with E-state index in [2.05, 4.69) is 35.3 Å². The molecule has 0 aromatic heterocycles. The number of likely N-dealkylation sites (tertiary alicyclic amines) is 1. The minimum atomic E-state index is 0.722. The van der Waals surface area contributed by atoms with E-state index in [0.29, 0.717) is 0 Å². The van der Waals surface area contributed by atoms with Gasteiger partial charge in [0.15, 0.2) is 0 Å². The first-order valence-corrected chi connectivity index (χ1v) is 7.31. The third kappa shape index (κ3) is 2.56. The summed E-state index contributed by atoms with van der Waals surface area (Å²) in [5.41, 5.74) is 2.50. The zero-order chi connectivity index (χ0) is 12.5. The summed E-state index contributed by atoms with van der Waals surface area (Å²) >= 11 is 6.19. The van der Waals surface area contributed by atoms with E-state index in [1.807, 2.05) is 0 Å². The molecule has 0 amide bonds. The molecule has 2 fully saturated rings. The highest BCUT2D eigenvalue weighted by molar-refractivity contribution is 6.31. The zero-order valence-corrected chi connectivity index (χ0v) is 11.7. The summed E-state index contributed by atoms with van der Waals surface area (Å²) in [5.74, 6) is 0.861. The Kier molecular flexibility index (Phi) is 3.60. The molecule has 3 heteroatoms. The minimum Gasteiger partial charge on any atom is -0.312 e. The lowest BCUT2D eigenvalue weighted by Gasteiger charge is -2.24. The van der Waals surface area contributed by atoms with Gasteiger partial charge >= 0.3 is 0 Å². The van der Waals surface area contributed by atoms with Crippen molar-refractivity contribution >= 4 is 11.6 Å². The second kappa shape index (κ2) is 5.20. The Labute approximate surface area is 114 Å². The fourth-order valence-corrected chi connectivity index (χ4v) is 3.46. The number of aryl methyl sites for hydroxylation is 1. The van der Waals surface area contributed by atoms with Gasteiger partial charge in [0.2, 0.25) is 0 Å². The van der Waals surface area contributed by atoms with E-state index in [9.17, 15) is 0 Å². The predicted octanol–water partition coefficient (Wildman–Crippen LogP) is 2.83. The maximum absolute atomic E-state index is 6.19. The Morgan fingerprint density at radius 1 is 1.39 bits per heavy atom. The van der Waals surface area contributed by atoms with Crippen LogP contribution < -0.4 is 5.32 Å². The average molecular weight is 265 g/mol. The molecular formula is C15H21ClN2. The summed E-state index contributed by atoms with van der Waals surface area (Å²) in [6.45, 7) is 6.72. The van der Waals surface area contributed by atoms with Crippen molar-refractivity contribution < 1.29 is 0 Å². The second-order valence-corrected chi connectivity index (χ2v) is 6.15. The summed E-state index contributed by atoms with van der Waals surface area (Å²) in [5, 5.41) is 4.54. The number of hydrogen-bond acceptors (Lipinski definition) is 2. The minimum absolute atomic E-state index is 0.722. The number of piperidine rings is 1. The van der Waals surface area contributed by atoms with Crippen LogP contribution in [0.25, 0.3) is 0 Å². The predicted molar refractivity (Wildman–Crippen MR) is 76.0 cm³/mol. The second-order valence-electron chi connectivity index (χ2n) is 5.74. The number of fused-ring (bicyclic) bond motifs is 1. The molecule has 0 bridgehead atoms. The highest BCUT2D eigenvalue weighted by atomic mass is 35.5. The first-order valence-electron chi connectivity index (χ1n) is 6.93. The number of rotatable bonds is 2. The number of hydrogen-bond donors (Lipinski definition) is 1. The number of nitrogens with one attached hydrogen (secondary N) is 1. The van der Waals surface area contributed by atoms with Gasteiger partial charge in [0.1, 0.15) is 0 Å². The molecule has 2 aliphatic rings. The fraction of sp³-hybridized carbons (Fsp3) is 0.600. The van der Waals surface area contributed by atoms with Crippen molar-refractivity contribution in [3.63, 3.8) is 0 Å². The molecule has 0 saturated carbocycles. The maximum atomic E-state index is 6.19. The maximum Gasteiger partial charge on any atom is 0.0438 e. The van der Waals surface area contributed by atoms with E-state index < -0.39 is 0 Å². The van der Waals surface area contributed by atoms with Crippen LogP contribution in [0.4, 0.5) is 0 Å². The summed E-state index contributed by atoms with van der Waals surface area (Å²) in [6.07, 6.45) is 2.73. The molecule has 3 rings (SSSR count). The van der Waals surface area contributed by atoms with Crippen LogP contribution in [-0.2, 0) is 6.54 Å². The van der Waals surface area contributed by atoms with Gasteiger partial charge < -0.3 is 5.32 Å². The van der Waals surface area contributed by atoms with Crippen LogP contribution in [0.5, 0.6) is 0 Å². The largest absolute Gasteiger partial charge is 0.312 e. The van der Waals surface area contributed by atoms with Gasteiger partial charge in [0, 0.05) is 30.7 Å². The fourth-order valence-electron chi connectivity index (χ4n) is 3.26. The van der Waals surface area contributed by atoms with Crippen LogP contribution in [0.3, 0.4) is 0 Å². The summed E-state index contributed by atoms with van der Waals surface area (Å²) in [7, 11) is 0. The molecule has 0 aliphatic carbocycles. The van der Waals surface area contributed by atoms with Crippen LogP contribution in [-0.4, -0.2) is 30.6 Å². The molecule has 1 aromatic rings. The monoisotopic (exact) mass is 264 g/mol. The van der Waals surface area contributed by atoms with Crippen LogP contribution in [0, 0.1) is 12.8 Å². The SMILES string of the molecule is Cc1ccc(CN2C[C@@H]3CCCN[C@@H]3C2)cc1Cl. The lowest BCUT2D eigenvalue weighted by molar-refractivity contribution is 0.312. The molecule has 1 aromatic carbocycles. The van der Waals surface area contributed by atoms with Gasteiger partial charge in [-0.25, -0.2) is 0 Å². The van der Waals surface area contributed by atoms with Crippen molar-refractivity contribution in [1.82, 2.24) is 10.2 Å². The quantitative estimate of drug-likeness (QED) is 0.884. The topological polar surface area (TPSA) is 15.3 Å². The molecule has 2 atom stereocenters.